The van der Waals surface area contributed by atoms with E-state index >= 15 is 0 Å². The molecule has 1 amide bonds. The molecule has 0 saturated carbocycles. The molecule has 0 bridgehead atoms. The Balaban J connectivity index is 1.71. The fraction of sp³-hybridized carbons (Fsp3) is 0.320. The zero-order valence-corrected chi connectivity index (χ0v) is 19.0. The molecule has 0 N–H and O–H groups in total. The van der Waals surface area contributed by atoms with Crippen LogP contribution in [0.25, 0.3) is 0 Å². The van der Waals surface area contributed by atoms with E-state index in [4.69, 9.17) is 0 Å². The van der Waals surface area contributed by atoms with Crippen molar-refractivity contribution in [3.63, 3.8) is 0 Å². The van der Waals surface area contributed by atoms with Gasteiger partial charge in [-0.3, -0.25) is 9.78 Å². The van der Waals surface area contributed by atoms with E-state index in [2.05, 4.69) is 9.97 Å². The van der Waals surface area contributed by atoms with Crippen LogP contribution in [0.4, 0.5) is 29.1 Å². The molecule has 1 unspecified atom stereocenters. The molecule has 9 heteroatoms. The molecule has 2 aromatic heterocycles. The Bertz CT molecular complexity index is 1060. The van der Waals surface area contributed by atoms with Gasteiger partial charge in [0.15, 0.2) is 0 Å². The minimum absolute atomic E-state index is 0.0139. The quantitative estimate of drug-likeness (QED) is 0.389. The van der Waals surface area contributed by atoms with Crippen LogP contribution >= 0.6 is 0 Å². The van der Waals surface area contributed by atoms with Crippen molar-refractivity contribution in [1.29, 1.82) is 0 Å². The molecule has 0 aliphatic rings. The second-order valence-corrected chi connectivity index (χ2v) is 8.12. The van der Waals surface area contributed by atoms with Gasteiger partial charge in [-0.15, -0.1) is 0 Å². The maximum Gasteiger partial charge on any atom is 0.392 e. The number of hydrogen-bond donors (Lipinski definition) is 0. The lowest BCUT2D eigenvalue weighted by molar-refractivity contribution is -0.173. The van der Waals surface area contributed by atoms with Crippen molar-refractivity contribution in [1.82, 2.24) is 9.97 Å². The highest BCUT2D eigenvalue weighted by Crippen LogP contribution is 2.30. The van der Waals surface area contributed by atoms with Gasteiger partial charge in [-0.1, -0.05) is 19.1 Å². The monoisotopic (exact) mass is 474 g/mol. The van der Waals surface area contributed by atoms with E-state index < -0.39 is 30.2 Å². The topological polar surface area (TPSA) is 49.3 Å². The van der Waals surface area contributed by atoms with Gasteiger partial charge in [0.1, 0.15) is 11.6 Å². The standard InChI is InChI=1S/C25H26F4N4O/c1-18(25(27,28)29)15-24(34)33(22-9-7-20(26)8-10-22)17-19-6-11-23(31-16-19)32(2)14-12-21-5-3-4-13-30-21/h3-11,13,16,18H,12,14-15,17H2,1-2H3. The molecule has 0 aliphatic heterocycles. The second-order valence-electron chi connectivity index (χ2n) is 8.12. The molecule has 0 spiro atoms. The summed E-state index contributed by atoms with van der Waals surface area (Å²) in [4.78, 5) is 24.7. The van der Waals surface area contributed by atoms with Crippen LogP contribution in [-0.2, 0) is 17.8 Å². The van der Waals surface area contributed by atoms with E-state index in [1.165, 1.54) is 29.2 Å². The van der Waals surface area contributed by atoms with Crippen molar-refractivity contribution < 1.29 is 22.4 Å². The lowest BCUT2D eigenvalue weighted by Gasteiger charge is -2.25. The first kappa shape index (κ1) is 25.1. The zero-order chi connectivity index (χ0) is 24.7. The van der Waals surface area contributed by atoms with Gasteiger partial charge in [0.25, 0.3) is 0 Å². The molecule has 3 aromatic rings. The number of rotatable bonds is 9. The highest BCUT2D eigenvalue weighted by atomic mass is 19.4. The fourth-order valence-corrected chi connectivity index (χ4v) is 3.29. The van der Waals surface area contributed by atoms with Crippen LogP contribution < -0.4 is 9.80 Å². The van der Waals surface area contributed by atoms with E-state index in [1.54, 1.807) is 24.5 Å². The molecule has 180 valence electrons. The Morgan fingerprint density at radius 1 is 1.03 bits per heavy atom. The summed E-state index contributed by atoms with van der Waals surface area (Å²) in [5.74, 6) is -2.28. The lowest BCUT2D eigenvalue weighted by Crippen LogP contribution is -2.34. The molecule has 1 atom stereocenters. The third kappa shape index (κ3) is 7.00. The Hall–Kier alpha value is -3.49. The Morgan fingerprint density at radius 2 is 1.76 bits per heavy atom. The second kappa shape index (κ2) is 11.1. The van der Waals surface area contributed by atoms with Crippen molar-refractivity contribution in [2.75, 3.05) is 23.4 Å². The van der Waals surface area contributed by atoms with Gasteiger partial charge >= 0.3 is 6.18 Å². The van der Waals surface area contributed by atoms with Gasteiger partial charge < -0.3 is 9.80 Å². The molecule has 34 heavy (non-hydrogen) atoms. The summed E-state index contributed by atoms with van der Waals surface area (Å²) in [5, 5.41) is 0. The van der Waals surface area contributed by atoms with E-state index in [0.717, 1.165) is 19.0 Å². The number of benzene rings is 1. The van der Waals surface area contributed by atoms with Crippen LogP contribution in [0.15, 0.2) is 67.0 Å². The fourth-order valence-electron chi connectivity index (χ4n) is 3.29. The number of nitrogens with zero attached hydrogens (tertiary/aromatic N) is 4. The molecule has 3 rings (SSSR count). The van der Waals surface area contributed by atoms with Gasteiger partial charge in [0, 0.05) is 50.2 Å². The van der Waals surface area contributed by atoms with Crippen LogP contribution in [0.5, 0.6) is 0 Å². The molecular weight excluding hydrogens is 448 g/mol. The van der Waals surface area contributed by atoms with Crippen LogP contribution in [0.1, 0.15) is 24.6 Å². The normalized spacial score (nSPS) is 12.3. The predicted octanol–water partition coefficient (Wildman–Crippen LogP) is 5.42. The molecule has 0 fully saturated rings. The molecule has 0 radical (unpaired) electrons. The zero-order valence-electron chi connectivity index (χ0n) is 19.0. The first-order chi connectivity index (χ1) is 16.1. The summed E-state index contributed by atoms with van der Waals surface area (Å²) in [6, 6.07) is 14.4. The Labute approximate surface area is 196 Å². The summed E-state index contributed by atoms with van der Waals surface area (Å²) >= 11 is 0. The minimum atomic E-state index is -4.48. The van der Waals surface area contributed by atoms with Crippen molar-refractivity contribution in [2.24, 2.45) is 5.92 Å². The summed E-state index contributed by atoms with van der Waals surface area (Å²) in [5.41, 5.74) is 1.92. The van der Waals surface area contributed by atoms with E-state index in [-0.39, 0.29) is 6.54 Å². The minimum Gasteiger partial charge on any atom is -0.359 e. The van der Waals surface area contributed by atoms with Crippen LogP contribution in [0, 0.1) is 11.7 Å². The largest absolute Gasteiger partial charge is 0.392 e. The number of carbonyl (C=O) groups excluding carboxylic acids is 1. The number of aromatic nitrogens is 2. The number of carbonyl (C=O) groups is 1. The number of anilines is 2. The predicted molar refractivity (Wildman–Crippen MR) is 123 cm³/mol. The number of likely N-dealkylation sites (N-methyl/N-ethyl adjacent to an activating group) is 1. The molecule has 1 aromatic carbocycles. The first-order valence-electron chi connectivity index (χ1n) is 10.8. The molecule has 0 aliphatic carbocycles. The number of hydrogen-bond acceptors (Lipinski definition) is 4. The average molecular weight is 475 g/mol. The molecule has 0 saturated heterocycles. The lowest BCUT2D eigenvalue weighted by atomic mass is 10.1. The smallest absolute Gasteiger partial charge is 0.359 e. The van der Waals surface area contributed by atoms with Gasteiger partial charge in [0.05, 0.1) is 12.5 Å². The Morgan fingerprint density at radius 3 is 2.35 bits per heavy atom. The summed E-state index contributed by atoms with van der Waals surface area (Å²) < 4.78 is 52.4. The van der Waals surface area contributed by atoms with Crippen molar-refractivity contribution in [2.45, 2.75) is 32.5 Å². The van der Waals surface area contributed by atoms with Gasteiger partial charge in [-0.25, -0.2) is 9.37 Å². The summed E-state index contributed by atoms with van der Waals surface area (Å²) in [6.07, 6.45) is -1.11. The summed E-state index contributed by atoms with van der Waals surface area (Å²) in [6.45, 7) is 1.68. The molecule has 5 nitrogen and oxygen atoms in total. The van der Waals surface area contributed by atoms with Crippen LogP contribution in [0.3, 0.4) is 0 Å². The van der Waals surface area contributed by atoms with Crippen molar-refractivity contribution in [3.8, 4) is 0 Å². The van der Waals surface area contributed by atoms with Crippen LogP contribution in [0.2, 0.25) is 0 Å². The van der Waals surface area contributed by atoms with Crippen molar-refractivity contribution in [3.05, 3.63) is 84.1 Å². The van der Waals surface area contributed by atoms with Gasteiger partial charge in [0.2, 0.25) is 5.91 Å². The maximum absolute atomic E-state index is 13.4. The third-order valence-corrected chi connectivity index (χ3v) is 5.45. The highest BCUT2D eigenvalue weighted by molar-refractivity contribution is 5.93. The third-order valence-electron chi connectivity index (χ3n) is 5.45. The van der Waals surface area contributed by atoms with E-state index in [9.17, 15) is 22.4 Å². The van der Waals surface area contributed by atoms with Gasteiger partial charge in [-0.2, -0.15) is 13.2 Å². The highest BCUT2D eigenvalue weighted by Gasteiger charge is 2.38. The maximum atomic E-state index is 13.4. The number of pyridine rings is 2. The number of alkyl halides is 3. The van der Waals surface area contributed by atoms with Crippen LogP contribution in [-0.4, -0.2) is 35.6 Å². The number of amides is 1. The Kier molecular flexibility index (Phi) is 8.20. The number of halogens is 4. The summed E-state index contributed by atoms with van der Waals surface area (Å²) in [7, 11) is 1.90. The van der Waals surface area contributed by atoms with E-state index in [1.807, 2.05) is 30.1 Å². The SMILES string of the molecule is CC(CC(=O)N(Cc1ccc(N(C)CCc2ccccn2)nc1)c1ccc(F)cc1)C(F)(F)F. The van der Waals surface area contributed by atoms with E-state index in [0.29, 0.717) is 23.6 Å². The van der Waals surface area contributed by atoms with Crippen molar-refractivity contribution >= 4 is 17.4 Å². The molecule has 2 heterocycles. The molecular formula is C25H26F4N4O. The first-order valence-corrected chi connectivity index (χ1v) is 10.8. The van der Waals surface area contributed by atoms with Gasteiger partial charge in [-0.05, 0) is 48.0 Å². The average Bonchev–Trinajstić information content (AvgIpc) is 2.82.